The number of benzene rings is 2. The van der Waals surface area contributed by atoms with Crippen molar-refractivity contribution in [2.75, 3.05) is 16.0 Å². The summed E-state index contributed by atoms with van der Waals surface area (Å²) in [6.07, 6.45) is -0.0100. The number of hydrogen-bond donors (Lipinski definition) is 3. The molecule has 2 heterocycles. The van der Waals surface area contributed by atoms with Crippen molar-refractivity contribution >= 4 is 40.5 Å². The van der Waals surface area contributed by atoms with E-state index in [2.05, 4.69) is 16.0 Å². The summed E-state index contributed by atoms with van der Waals surface area (Å²) in [5.41, 5.74) is 1.43. The molecule has 0 fully saturated rings. The SMILES string of the molecule is O=C1CC2(Nc3ccccc3NC2=O)c2c(Cl)cccc2N1. The maximum Gasteiger partial charge on any atom is 0.255 e. The highest BCUT2D eigenvalue weighted by Crippen LogP contribution is 2.46. The molecule has 1 unspecified atom stereocenters. The second-order valence-corrected chi connectivity index (χ2v) is 5.82. The smallest absolute Gasteiger partial charge is 0.255 e. The summed E-state index contributed by atoms with van der Waals surface area (Å²) >= 11 is 6.33. The maximum atomic E-state index is 12.8. The largest absolute Gasteiger partial charge is 0.365 e. The molecule has 0 bridgehead atoms. The Morgan fingerprint density at radius 3 is 2.45 bits per heavy atom. The number of carbonyl (C=O) groups is 2. The number of fused-ring (bicyclic) bond motifs is 3. The van der Waals surface area contributed by atoms with Crippen molar-refractivity contribution in [3.63, 3.8) is 0 Å². The second-order valence-electron chi connectivity index (χ2n) is 5.42. The highest BCUT2D eigenvalue weighted by Gasteiger charge is 2.50. The lowest BCUT2D eigenvalue weighted by Crippen LogP contribution is -2.54. The van der Waals surface area contributed by atoms with Gasteiger partial charge in [0.2, 0.25) is 5.91 Å². The van der Waals surface area contributed by atoms with Crippen molar-refractivity contribution in [3.8, 4) is 0 Å². The molecular formula is C16H12ClN3O2. The van der Waals surface area contributed by atoms with Crippen LogP contribution in [0.15, 0.2) is 42.5 Å². The Kier molecular flexibility index (Phi) is 2.68. The number of rotatable bonds is 0. The van der Waals surface area contributed by atoms with Gasteiger partial charge < -0.3 is 16.0 Å². The Morgan fingerprint density at radius 2 is 1.64 bits per heavy atom. The monoisotopic (exact) mass is 313 g/mol. The van der Waals surface area contributed by atoms with E-state index in [4.69, 9.17) is 11.6 Å². The maximum absolute atomic E-state index is 12.8. The summed E-state index contributed by atoms with van der Waals surface area (Å²) in [5, 5.41) is 9.32. The first-order valence-corrected chi connectivity index (χ1v) is 7.25. The molecule has 2 aliphatic heterocycles. The molecule has 22 heavy (non-hydrogen) atoms. The molecule has 0 saturated heterocycles. The van der Waals surface area contributed by atoms with Crippen LogP contribution >= 0.6 is 11.6 Å². The van der Waals surface area contributed by atoms with Gasteiger partial charge in [-0.15, -0.1) is 0 Å². The molecule has 0 aliphatic carbocycles. The molecule has 3 N–H and O–H groups in total. The number of para-hydroxylation sites is 2. The van der Waals surface area contributed by atoms with E-state index in [9.17, 15) is 9.59 Å². The lowest BCUT2D eigenvalue weighted by Gasteiger charge is -2.42. The van der Waals surface area contributed by atoms with Crippen molar-refractivity contribution < 1.29 is 9.59 Å². The topological polar surface area (TPSA) is 70.2 Å². The van der Waals surface area contributed by atoms with Crippen molar-refractivity contribution in [2.24, 2.45) is 0 Å². The average Bonchev–Trinajstić information content (AvgIpc) is 2.48. The third-order valence-corrected chi connectivity index (χ3v) is 4.37. The second kappa shape index (κ2) is 4.48. The van der Waals surface area contributed by atoms with Crippen LogP contribution in [0.3, 0.4) is 0 Å². The molecule has 1 atom stereocenters. The minimum Gasteiger partial charge on any atom is -0.365 e. The molecule has 2 aromatic rings. The summed E-state index contributed by atoms with van der Waals surface area (Å²) in [5.74, 6) is -0.507. The van der Waals surface area contributed by atoms with E-state index >= 15 is 0 Å². The zero-order valence-corrected chi connectivity index (χ0v) is 12.2. The van der Waals surface area contributed by atoms with E-state index in [0.29, 0.717) is 22.0 Å². The van der Waals surface area contributed by atoms with Gasteiger partial charge in [-0.05, 0) is 24.3 Å². The first-order valence-electron chi connectivity index (χ1n) is 6.88. The number of halogens is 1. The van der Waals surface area contributed by atoms with Gasteiger partial charge in [0.25, 0.3) is 5.91 Å². The van der Waals surface area contributed by atoms with E-state index in [1.165, 1.54) is 0 Å². The van der Waals surface area contributed by atoms with Crippen LogP contribution in [-0.2, 0) is 15.1 Å². The van der Waals surface area contributed by atoms with Crippen molar-refractivity contribution in [1.82, 2.24) is 0 Å². The van der Waals surface area contributed by atoms with Gasteiger partial charge in [-0.25, -0.2) is 0 Å². The van der Waals surface area contributed by atoms with Gasteiger partial charge in [0.1, 0.15) is 0 Å². The molecule has 1 spiro atoms. The van der Waals surface area contributed by atoms with Crippen LogP contribution in [0.5, 0.6) is 0 Å². The molecule has 110 valence electrons. The van der Waals surface area contributed by atoms with Crippen molar-refractivity contribution in [1.29, 1.82) is 0 Å². The molecular weight excluding hydrogens is 302 g/mol. The summed E-state index contributed by atoms with van der Waals surface area (Å²) in [7, 11) is 0. The molecule has 4 rings (SSSR count). The van der Waals surface area contributed by atoms with Crippen LogP contribution < -0.4 is 16.0 Å². The number of hydrogen-bond acceptors (Lipinski definition) is 3. The molecule has 0 aromatic heterocycles. The predicted octanol–water partition coefficient (Wildman–Crippen LogP) is 2.94. The van der Waals surface area contributed by atoms with E-state index in [1.54, 1.807) is 18.2 Å². The fourth-order valence-electron chi connectivity index (χ4n) is 3.10. The number of anilines is 3. The third-order valence-electron chi connectivity index (χ3n) is 4.05. The zero-order valence-electron chi connectivity index (χ0n) is 11.4. The number of amides is 2. The highest BCUT2D eigenvalue weighted by molar-refractivity contribution is 6.33. The molecule has 0 saturated carbocycles. The van der Waals surface area contributed by atoms with Gasteiger partial charge in [0, 0.05) is 16.3 Å². The zero-order chi connectivity index (χ0) is 15.3. The number of carbonyl (C=O) groups excluding carboxylic acids is 2. The summed E-state index contributed by atoms with van der Waals surface area (Å²) in [6.45, 7) is 0. The summed E-state index contributed by atoms with van der Waals surface area (Å²) in [6, 6.07) is 12.6. The Labute approximate surface area is 131 Å². The Bertz CT molecular complexity index is 821. The molecule has 0 radical (unpaired) electrons. The van der Waals surface area contributed by atoms with Gasteiger partial charge in [-0.2, -0.15) is 0 Å². The van der Waals surface area contributed by atoms with Gasteiger partial charge in [-0.1, -0.05) is 29.8 Å². The predicted molar refractivity (Wildman–Crippen MR) is 85.1 cm³/mol. The fourth-order valence-corrected chi connectivity index (χ4v) is 3.44. The van der Waals surface area contributed by atoms with E-state index in [1.807, 2.05) is 24.3 Å². The van der Waals surface area contributed by atoms with E-state index in [-0.39, 0.29) is 18.2 Å². The number of nitrogens with one attached hydrogen (secondary N) is 3. The van der Waals surface area contributed by atoms with Crippen LogP contribution in [-0.4, -0.2) is 11.8 Å². The van der Waals surface area contributed by atoms with E-state index in [0.717, 1.165) is 5.69 Å². The van der Waals surface area contributed by atoms with Gasteiger partial charge in [0.15, 0.2) is 5.54 Å². The van der Waals surface area contributed by atoms with Crippen LogP contribution in [0.4, 0.5) is 17.1 Å². The standard InChI is InChI=1S/C16H12ClN3O2/c17-9-4-3-7-12-14(9)16(8-13(21)18-12)15(22)19-10-5-1-2-6-11(10)20-16/h1-7,20H,8H2,(H,18,21)(H,19,22). The van der Waals surface area contributed by atoms with Gasteiger partial charge in [0.05, 0.1) is 17.8 Å². The molecule has 2 aliphatic rings. The highest BCUT2D eigenvalue weighted by atomic mass is 35.5. The normalized spacial score (nSPS) is 22.2. The first kappa shape index (κ1) is 13.2. The minimum absolute atomic E-state index is 0.0100. The Hall–Kier alpha value is -2.53. The molecule has 2 amide bonds. The Balaban J connectivity index is 1.96. The average molecular weight is 314 g/mol. The lowest BCUT2D eigenvalue weighted by molar-refractivity contribution is -0.126. The van der Waals surface area contributed by atoms with Crippen LogP contribution in [0.25, 0.3) is 0 Å². The Morgan fingerprint density at radius 1 is 0.909 bits per heavy atom. The molecule has 5 nitrogen and oxygen atoms in total. The minimum atomic E-state index is -1.19. The lowest BCUT2D eigenvalue weighted by atomic mass is 9.80. The fraction of sp³-hybridized carbons (Fsp3) is 0.125. The van der Waals surface area contributed by atoms with E-state index < -0.39 is 5.54 Å². The third kappa shape index (κ3) is 1.72. The van der Waals surface area contributed by atoms with Crippen molar-refractivity contribution in [2.45, 2.75) is 12.0 Å². The van der Waals surface area contributed by atoms with Crippen LogP contribution in [0.1, 0.15) is 12.0 Å². The molecule has 6 heteroatoms. The van der Waals surface area contributed by atoms with Gasteiger partial charge >= 0.3 is 0 Å². The van der Waals surface area contributed by atoms with Gasteiger partial charge in [-0.3, -0.25) is 9.59 Å². The van der Waals surface area contributed by atoms with Crippen LogP contribution in [0.2, 0.25) is 5.02 Å². The summed E-state index contributed by atoms with van der Waals surface area (Å²) < 4.78 is 0. The van der Waals surface area contributed by atoms with Crippen LogP contribution in [0, 0.1) is 0 Å². The first-order chi connectivity index (χ1) is 10.6. The quantitative estimate of drug-likeness (QED) is 0.700. The molecule has 2 aromatic carbocycles. The summed E-state index contributed by atoms with van der Waals surface area (Å²) in [4.78, 5) is 24.9. The van der Waals surface area contributed by atoms with Crippen molar-refractivity contribution in [3.05, 3.63) is 53.1 Å².